The third-order valence-electron chi connectivity index (χ3n) is 2.37. The van der Waals surface area contributed by atoms with Crippen LogP contribution in [0.15, 0.2) is 30.3 Å². The number of carbonyl (C=O) groups excluding carboxylic acids is 1. The van der Waals surface area contributed by atoms with E-state index >= 15 is 0 Å². The molecule has 2 aromatic rings. The first kappa shape index (κ1) is 12.8. The number of benzene rings is 1. The average molecular weight is 361 g/mol. The second kappa shape index (κ2) is 5.34. The normalized spacial score (nSPS) is 10.3. The molecule has 18 heavy (non-hydrogen) atoms. The number of nitrogen functional groups attached to an aromatic ring is 1. The van der Waals surface area contributed by atoms with E-state index in [1.807, 2.05) is 0 Å². The van der Waals surface area contributed by atoms with Gasteiger partial charge in [-0.2, -0.15) is 5.10 Å². The predicted octanol–water partition coefficient (Wildman–Crippen LogP) is 2.16. The second-order valence-corrected chi connectivity index (χ2v) is 4.01. The monoisotopic (exact) mass is 361 g/mol. The predicted molar refractivity (Wildman–Crippen MR) is 71.6 cm³/mol. The van der Waals surface area contributed by atoms with Crippen molar-refractivity contribution in [3.63, 3.8) is 0 Å². The van der Waals surface area contributed by atoms with Crippen LogP contribution in [0.5, 0.6) is 0 Å². The Kier molecular flexibility index (Phi) is 3.80. The SMILES string of the molecule is Nc1cc(C(=O)OI)nn1Cc1ccccc1F. The van der Waals surface area contributed by atoms with Gasteiger partial charge in [-0.15, -0.1) is 0 Å². The molecule has 1 aromatic carbocycles. The van der Waals surface area contributed by atoms with Gasteiger partial charge in [0.15, 0.2) is 28.7 Å². The summed E-state index contributed by atoms with van der Waals surface area (Å²) >= 11 is 1.47. The Morgan fingerprint density at radius 1 is 1.50 bits per heavy atom. The summed E-state index contributed by atoms with van der Waals surface area (Å²) in [5.74, 6) is -0.657. The average Bonchev–Trinajstić information content (AvgIpc) is 2.73. The van der Waals surface area contributed by atoms with Crippen LogP contribution >= 0.6 is 23.0 Å². The van der Waals surface area contributed by atoms with Gasteiger partial charge in [0.2, 0.25) is 0 Å². The molecule has 0 amide bonds. The van der Waals surface area contributed by atoms with Crippen LogP contribution < -0.4 is 5.73 Å². The molecule has 0 spiro atoms. The number of rotatable bonds is 3. The molecule has 1 aromatic heterocycles. The third-order valence-corrected chi connectivity index (χ3v) is 2.77. The largest absolute Gasteiger partial charge is 0.390 e. The van der Waals surface area contributed by atoms with E-state index in [1.165, 1.54) is 39.8 Å². The van der Waals surface area contributed by atoms with Crippen molar-refractivity contribution in [2.45, 2.75) is 6.54 Å². The van der Waals surface area contributed by atoms with Crippen molar-refractivity contribution in [1.29, 1.82) is 0 Å². The van der Waals surface area contributed by atoms with Crippen molar-refractivity contribution in [1.82, 2.24) is 9.78 Å². The topological polar surface area (TPSA) is 70.1 Å². The maximum atomic E-state index is 13.5. The van der Waals surface area contributed by atoms with E-state index in [2.05, 4.69) is 8.16 Å². The summed E-state index contributed by atoms with van der Waals surface area (Å²) in [6, 6.07) is 7.70. The summed E-state index contributed by atoms with van der Waals surface area (Å²) < 4.78 is 19.3. The molecular formula is C11H9FIN3O2. The standard InChI is InChI=1S/C11H9FIN3O2/c12-8-4-2-1-3-7(8)6-16-10(14)5-9(15-16)11(17)18-13/h1-5H,6,14H2. The van der Waals surface area contributed by atoms with Crippen molar-refractivity contribution < 1.29 is 12.3 Å². The Labute approximate surface area is 116 Å². The van der Waals surface area contributed by atoms with Crippen molar-refractivity contribution >= 4 is 34.8 Å². The van der Waals surface area contributed by atoms with Crippen LogP contribution in [0.1, 0.15) is 16.1 Å². The molecule has 0 atom stereocenters. The molecule has 0 fully saturated rings. The lowest BCUT2D eigenvalue weighted by Crippen LogP contribution is -2.08. The highest BCUT2D eigenvalue weighted by Crippen LogP contribution is 2.13. The van der Waals surface area contributed by atoms with Crippen molar-refractivity contribution in [2.24, 2.45) is 0 Å². The molecule has 94 valence electrons. The molecule has 7 heteroatoms. The molecule has 2 rings (SSSR count). The van der Waals surface area contributed by atoms with E-state index in [0.29, 0.717) is 5.56 Å². The zero-order chi connectivity index (χ0) is 13.1. The summed E-state index contributed by atoms with van der Waals surface area (Å²) in [4.78, 5) is 11.3. The van der Waals surface area contributed by atoms with Gasteiger partial charge in [0.25, 0.3) is 0 Å². The number of nitrogens with zero attached hydrogens (tertiary/aromatic N) is 2. The second-order valence-electron chi connectivity index (χ2n) is 3.57. The molecule has 0 aliphatic rings. The summed E-state index contributed by atoms with van der Waals surface area (Å²) in [7, 11) is 0. The molecule has 5 nitrogen and oxygen atoms in total. The van der Waals surface area contributed by atoms with Crippen LogP contribution in [-0.2, 0) is 9.61 Å². The zero-order valence-electron chi connectivity index (χ0n) is 9.14. The van der Waals surface area contributed by atoms with Gasteiger partial charge >= 0.3 is 5.97 Å². The summed E-state index contributed by atoms with van der Waals surface area (Å²) in [5, 5.41) is 3.96. The first-order valence-corrected chi connectivity index (χ1v) is 5.89. The zero-order valence-corrected chi connectivity index (χ0v) is 11.3. The fourth-order valence-electron chi connectivity index (χ4n) is 1.49. The summed E-state index contributed by atoms with van der Waals surface area (Å²) in [5.41, 5.74) is 6.24. The number of halogens is 2. The lowest BCUT2D eigenvalue weighted by Gasteiger charge is -2.04. The van der Waals surface area contributed by atoms with Gasteiger partial charge < -0.3 is 8.80 Å². The quantitative estimate of drug-likeness (QED) is 0.851. The van der Waals surface area contributed by atoms with Gasteiger partial charge in [-0.25, -0.2) is 13.9 Å². The fraction of sp³-hybridized carbons (Fsp3) is 0.0909. The summed E-state index contributed by atoms with van der Waals surface area (Å²) in [6.07, 6.45) is 0. The number of aromatic nitrogens is 2. The van der Waals surface area contributed by atoms with Crippen LogP contribution in [0.2, 0.25) is 0 Å². The lowest BCUT2D eigenvalue weighted by atomic mass is 10.2. The Morgan fingerprint density at radius 3 is 2.89 bits per heavy atom. The van der Waals surface area contributed by atoms with E-state index in [9.17, 15) is 9.18 Å². The Hall–Kier alpha value is -1.64. The van der Waals surface area contributed by atoms with E-state index < -0.39 is 5.97 Å². The van der Waals surface area contributed by atoms with E-state index in [-0.39, 0.29) is 23.9 Å². The van der Waals surface area contributed by atoms with E-state index in [4.69, 9.17) is 5.73 Å². The van der Waals surface area contributed by atoms with Gasteiger partial charge in [-0.1, -0.05) is 18.2 Å². The van der Waals surface area contributed by atoms with Crippen molar-refractivity contribution in [3.05, 3.63) is 47.4 Å². The van der Waals surface area contributed by atoms with Gasteiger partial charge in [-0.3, -0.25) is 0 Å². The Balaban J connectivity index is 2.27. The van der Waals surface area contributed by atoms with Gasteiger partial charge in [0, 0.05) is 11.6 Å². The smallest absolute Gasteiger partial charge is 0.368 e. The first-order chi connectivity index (χ1) is 8.61. The van der Waals surface area contributed by atoms with Crippen LogP contribution in [0.4, 0.5) is 10.2 Å². The molecule has 0 saturated carbocycles. The highest BCUT2D eigenvalue weighted by molar-refractivity contribution is 14.1. The van der Waals surface area contributed by atoms with Crippen LogP contribution in [0, 0.1) is 5.82 Å². The number of carbonyl (C=O) groups is 1. The highest BCUT2D eigenvalue weighted by Gasteiger charge is 2.14. The van der Waals surface area contributed by atoms with Gasteiger partial charge in [0.05, 0.1) is 6.54 Å². The van der Waals surface area contributed by atoms with Gasteiger partial charge in [-0.05, 0) is 6.07 Å². The maximum absolute atomic E-state index is 13.5. The number of hydrogen-bond donors (Lipinski definition) is 1. The minimum Gasteiger partial charge on any atom is -0.390 e. The number of anilines is 1. The minimum atomic E-state index is -0.588. The van der Waals surface area contributed by atoms with Crippen LogP contribution in [0.25, 0.3) is 0 Å². The minimum absolute atomic E-state index is 0.0956. The van der Waals surface area contributed by atoms with Crippen LogP contribution in [-0.4, -0.2) is 15.7 Å². The molecule has 0 unspecified atom stereocenters. The molecule has 0 bridgehead atoms. The van der Waals surface area contributed by atoms with Crippen LogP contribution in [0.3, 0.4) is 0 Å². The molecule has 0 saturated heterocycles. The Morgan fingerprint density at radius 2 is 2.22 bits per heavy atom. The Bertz CT molecular complexity index is 585. The van der Waals surface area contributed by atoms with E-state index in [0.717, 1.165) is 0 Å². The molecular weight excluding hydrogens is 352 g/mol. The molecule has 0 aliphatic heterocycles. The molecule has 1 heterocycles. The maximum Gasteiger partial charge on any atom is 0.368 e. The third kappa shape index (κ3) is 2.61. The fourth-order valence-corrected chi connectivity index (χ4v) is 1.71. The van der Waals surface area contributed by atoms with Crippen molar-refractivity contribution in [3.8, 4) is 0 Å². The summed E-state index contributed by atoms with van der Waals surface area (Å²) in [6.45, 7) is 0.160. The molecule has 0 aliphatic carbocycles. The molecule has 2 N–H and O–H groups in total. The van der Waals surface area contributed by atoms with Gasteiger partial charge in [0.1, 0.15) is 11.6 Å². The first-order valence-electron chi connectivity index (χ1n) is 5.01. The number of nitrogens with two attached hydrogens (primary N) is 1. The van der Waals surface area contributed by atoms with E-state index in [1.54, 1.807) is 18.2 Å². The number of hydrogen-bond acceptors (Lipinski definition) is 4. The highest BCUT2D eigenvalue weighted by atomic mass is 127. The lowest BCUT2D eigenvalue weighted by molar-refractivity contribution is 0.0793. The molecule has 0 radical (unpaired) electrons. The van der Waals surface area contributed by atoms with Crippen molar-refractivity contribution in [2.75, 3.05) is 5.73 Å².